The van der Waals surface area contributed by atoms with E-state index in [1.165, 1.54) is 4.68 Å². The molecule has 0 spiro atoms. The number of esters is 1. The molecule has 0 saturated carbocycles. The summed E-state index contributed by atoms with van der Waals surface area (Å²) < 4.78 is 32.4. The van der Waals surface area contributed by atoms with E-state index in [4.69, 9.17) is 16.3 Å². The molecule has 3 aromatic rings. The molecule has 1 unspecified atom stereocenters. The summed E-state index contributed by atoms with van der Waals surface area (Å²) in [7, 11) is -3.06. The lowest BCUT2D eigenvalue weighted by atomic mass is 10.1. The Morgan fingerprint density at radius 2 is 1.88 bits per heavy atom. The Bertz CT molecular complexity index is 1340. The monoisotopic (exact) mass is 489 g/mol. The highest BCUT2D eigenvalue weighted by atomic mass is 35.5. The third kappa shape index (κ3) is 4.47. The van der Waals surface area contributed by atoms with Crippen LogP contribution in [0.25, 0.3) is 5.69 Å². The fraction of sp³-hybridized carbons (Fsp3) is 0.348. The highest BCUT2D eigenvalue weighted by molar-refractivity contribution is 7.91. The van der Waals surface area contributed by atoms with Gasteiger partial charge in [0.25, 0.3) is 0 Å². The van der Waals surface area contributed by atoms with Crippen molar-refractivity contribution in [3.05, 3.63) is 69.8 Å². The van der Waals surface area contributed by atoms with Crippen molar-refractivity contribution in [2.75, 3.05) is 18.1 Å². The van der Waals surface area contributed by atoms with Crippen LogP contribution in [-0.2, 0) is 14.6 Å². The number of Topliss-reactive ketones (excluding diaryl/α,β-unsaturated/α-hetero) is 1. The van der Waals surface area contributed by atoms with Crippen LogP contribution in [0.1, 0.15) is 50.3 Å². The van der Waals surface area contributed by atoms with Crippen molar-refractivity contribution >= 4 is 33.2 Å². The first-order valence-electron chi connectivity index (χ1n) is 10.5. The van der Waals surface area contributed by atoms with Crippen LogP contribution in [0.5, 0.6) is 0 Å². The van der Waals surface area contributed by atoms with Crippen molar-refractivity contribution in [2.24, 2.45) is 0 Å². The SMILES string of the molecule is Cc1nn(-c2ccccc2)c(Cl)c1C(=O)OCC(=O)c1cc(C)n(C2CCS(=O)(=O)C2)c1C. The first-order valence-corrected chi connectivity index (χ1v) is 12.7. The van der Waals surface area contributed by atoms with Gasteiger partial charge in [-0.2, -0.15) is 5.10 Å². The number of rotatable bonds is 6. The third-order valence-electron chi connectivity index (χ3n) is 5.90. The summed E-state index contributed by atoms with van der Waals surface area (Å²) in [5.74, 6) is -0.891. The number of nitrogens with zero attached hydrogens (tertiary/aromatic N) is 3. The molecule has 0 amide bonds. The van der Waals surface area contributed by atoms with Crippen LogP contribution >= 0.6 is 11.6 Å². The summed E-state index contributed by atoms with van der Waals surface area (Å²) in [4.78, 5) is 25.6. The van der Waals surface area contributed by atoms with Gasteiger partial charge in [0, 0.05) is 23.0 Å². The highest BCUT2D eigenvalue weighted by Gasteiger charge is 2.32. The number of carbonyl (C=O) groups excluding carboxylic acids is 2. The lowest BCUT2D eigenvalue weighted by molar-refractivity contribution is 0.0474. The molecule has 0 radical (unpaired) electrons. The molecule has 1 aromatic carbocycles. The lowest BCUT2D eigenvalue weighted by Gasteiger charge is -2.16. The molecule has 2 aromatic heterocycles. The second kappa shape index (κ2) is 8.79. The second-order valence-electron chi connectivity index (χ2n) is 8.21. The van der Waals surface area contributed by atoms with E-state index in [1.807, 2.05) is 41.8 Å². The van der Waals surface area contributed by atoms with Crippen LogP contribution in [0.2, 0.25) is 5.15 Å². The van der Waals surface area contributed by atoms with Gasteiger partial charge in [-0.1, -0.05) is 29.8 Å². The maximum atomic E-state index is 12.8. The molecule has 33 heavy (non-hydrogen) atoms. The number of ether oxygens (including phenoxy) is 1. The van der Waals surface area contributed by atoms with Gasteiger partial charge in [-0.05, 0) is 45.4 Å². The average Bonchev–Trinajstić information content (AvgIpc) is 3.38. The Balaban J connectivity index is 1.50. The first-order chi connectivity index (χ1) is 15.6. The largest absolute Gasteiger partial charge is 0.454 e. The van der Waals surface area contributed by atoms with E-state index < -0.39 is 22.4 Å². The van der Waals surface area contributed by atoms with Crippen LogP contribution in [0.15, 0.2) is 36.4 Å². The van der Waals surface area contributed by atoms with Gasteiger partial charge in [0.2, 0.25) is 5.78 Å². The Morgan fingerprint density at radius 1 is 1.18 bits per heavy atom. The topological polar surface area (TPSA) is 100 Å². The van der Waals surface area contributed by atoms with Gasteiger partial charge >= 0.3 is 5.97 Å². The average molecular weight is 490 g/mol. The zero-order valence-electron chi connectivity index (χ0n) is 18.5. The van der Waals surface area contributed by atoms with E-state index in [9.17, 15) is 18.0 Å². The molecule has 174 valence electrons. The van der Waals surface area contributed by atoms with E-state index >= 15 is 0 Å². The Labute approximate surface area is 197 Å². The van der Waals surface area contributed by atoms with E-state index in [0.29, 0.717) is 29.1 Å². The Morgan fingerprint density at radius 3 is 2.52 bits per heavy atom. The fourth-order valence-corrected chi connectivity index (χ4v) is 6.40. The number of carbonyl (C=O) groups is 2. The standard InChI is InChI=1S/C23H24ClN3O5S/c1-14-11-19(16(3)26(14)18-9-10-33(30,31)13-18)20(28)12-32-23(29)21-15(2)25-27(22(21)24)17-7-5-4-6-8-17/h4-8,11,18H,9-10,12-13H2,1-3H3. The van der Waals surface area contributed by atoms with Crippen molar-refractivity contribution in [3.63, 3.8) is 0 Å². The number of sulfone groups is 1. The van der Waals surface area contributed by atoms with Crippen molar-refractivity contribution in [1.29, 1.82) is 0 Å². The van der Waals surface area contributed by atoms with Crippen LogP contribution in [0.4, 0.5) is 0 Å². The molecule has 3 heterocycles. The second-order valence-corrected chi connectivity index (χ2v) is 10.8. The molecule has 8 nitrogen and oxygen atoms in total. The van der Waals surface area contributed by atoms with E-state index in [0.717, 1.165) is 5.69 Å². The number of hydrogen-bond acceptors (Lipinski definition) is 6. The lowest BCUT2D eigenvalue weighted by Crippen LogP contribution is -2.17. The smallest absolute Gasteiger partial charge is 0.343 e. The van der Waals surface area contributed by atoms with E-state index in [-0.39, 0.29) is 34.0 Å². The number of aromatic nitrogens is 3. The zero-order chi connectivity index (χ0) is 23.9. The molecular weight excluding hydrogens is 466 g/mol. The summed E-state index contributed by atoms with van der Waals surface area (Å²) >= 11 is 6.40. The number of benzene rings is 1. The summed E-state index contributed by atoms with van der Waals surface area (Å²) in [6.45, 7) is 4.80. The zero-order valence-corrected chi connectivity index (χ0v) is 20.1. The van der Waals surface area contributed by atoms with Gasteiger partial charge in [0.15, 0.2) is 16.4 Å². The maximum absolute atomic E-state index is 12.8. The highest BCUT2D eigenvalue weighted by Crippen LogP contribution is 2.29. The number of aryl methyl sites for hydroxylation is 2. The van der Waals surface area contributed by atoms with Gasteiger partial charge in [-0.25, -0.2) is 17.9 Å². The Hall–Kier alpha value is -2.91. The van der Waals surface area contributed by atoms with Crippen molar-refractivity contribution < 1.29 is 22.7 Å². The molecule has 0 N–H and O–H groups in total. The predicted octanol–water partition coefficient (Wildman–Crippen LogP) is 3.65. The van der Waals surface area contributed by atoms with Crippen molar-refractivity contribution in [3.8, 4) is 5.69 Å². The molecule has 0 aliphatic carbocycles. The number of halogens is 1. The summed E-state index contributed by atoms with van der Waals surface area (Å²) in [5, 5.41) is 4.43. The predicted molar refractivity (Wildman–Crippen MR) is 124 cm³/mol. The number of ketones is 1. The quantitative estimate of drug-likeness (QED) is 0.387. The number of hydrogen-bond donors (Lipinski definition) is 0. The molecule has 1 atom stereocenters. The Kier molecular flexibility index (Phi) is 6.20. The molecule has 1 saturated heterocycles. The van der Waals surface area contributed by atoms with E-state index in [2.05, 4.69) is 5.10 Å². The summed E-state index contributed by atoms with van der Waals surface area (Å²) in [6, 6.07) is 10.7. The minimum atomic E-state index is -3.06. The third-order valence-corrected chi connectivity index (χ3v) is 8.00. The van der Waals surface area contributed by atoms with Crippen LogP contribution < -0.4 is 0 Å². The molecule has 0 bridgehead atoms. The summed E-state index contributed by atoms with van der Waals surface area (Å²) in [6.07, 6.45) is 0.518. The van der Waals surface area contributed by atoms with Crippen LogP contribution in [-0.4, -0.2) is 52.6 Å². The van der Waals surface area contributed by atoms with Gasteiger partial charge in [-0.3, -0.25) is 4.79 Å². The normalized spacial score (nSPS) is 17.3. The van der Waals surface area contributed by atoms with E-state index in [1.54, 1.807) is 19.9 Å². The maximum Gasteiger partial charge on any atom is 0.343 e. The molecule has 4 rings (SSSR count). The minimum absolute atomic E-state index is 0.0646. The molecule has 1 aliphatic rings. The summed E-state index contributed by atoms with van der Waals surface area (Å²) in [5.41, 5.74) is 3.07. The molecular formula is C23H24ClN3O5S. The fourth-order valence-electron chi connectivity index (χ4n) is 4.35. The first kappa shape index (κ1) is 23.3. The molecule has 1 aliphatic heterocycles. The molecule has 1 fully saturated rings. The number of para-hydroxylation sites is 1. The molecule has 10 heteroatoms. The van der Waals surface area contributed by atoms with Crippen molar-refractivity contribution in [2.45, 2.75) is 33.2 Å². The minimum Gasteiger partial charge on any atom is -0.454 e. The van der Waals surface area contributed by atoms with Gasteiger partial charge in [0.05, 0.1) is 22.9 Å². The van der Waals surface area contributed by atoms with Crippen LogP contribution in [0, 0.1) is 20.8 Å². The van der Waals surface area contributed by atoms with Crippen LogP contribution in [0.3, 0.4) is 0 Å². The van der Waals surface area contributed by atoms with Gasteiger partial charge < -0.3 is 9.30 Å². The van der Waals surface area contributed by atoms with Gasteiger partial charge in [0.1, 0.15) is 10.7 Å². The van der Waals surface area contributed by atoms with Gasteiger partial charge in [-0.15, -0.1) is 0 Å². The van der Waals surface area contributed by atoms with Crippen molar-refractivity contribution in [1.82, 2.24) is 14.3 Å².